The molecular weight excluding hydrogens is 586 g/mol. The van der Waals surface area contributed by atoms with Crippen LogP contribution >= 0.6 is 0 Å². The summed E-state index contributed by atoms with van der Waals surface area (Å²) in [5, 5.41) is 92.9. The number of hydrogen-bond acceptors (Lipinski definition) is 20. The minimum Gasteiger partial charge on any atom is -0.394 e. The highest BCUT2D eigenvalue weighted by atomic mass is 16.8. The molecule has 0 unspecified atom stereocenters. The Kier molecular flexibility index (Phi) is 11.7. The highest BCUT2D eigenvalue weighted by molar-refractivity contribution is 5.06. The molecule has 19 N–H and O–H groups in total. The van der Waals surface area contributed by atoms with Gasteiger partial charge in [-0.2, -0.15) is 0 Å². The van der Waals surface area contributed by atoms with Crippen LogP contribution < -0.4 is 28.7 Å². The fourth-order valence-electron chi connectivity index (χ4n) is 5.70. The van der Waals surface area contributed by atoms with Crippen molar-refractivity contribution >= 4 is 0 Å². The van der Waals surface area contributed by atoms with Gasteiger partial charge in [-0.1, -0.05) is 0 Å². The first-order chi connectivity index (χ1) is 20.3. The molecule has 252 valence electrons. The van der Waals surface area contributed by atoms with E-state index in [2.05, 4.69) is 0 Å². The zero-order valence-corrected chi connectivity index (χ0v) is 23.0. The normalized spacial score (nSPS) is 54.6. The number of nitrogens with two attached hydrogens (primary N) is 5. The topological polar surface area (TPSA) is 368 Å². The van der Waals surface area contributed by atoms with E-state index in [0.717, 1.165) is 0 Å². The molecular formula is C23H45N5O15. The number of rotatable bonds is 9. The lowest BCUT2D eigenvalue weighted by molar-refractivity contribution is -0.315. The summed E-state index contributed by atoms with van der Waals surface area (Å²) < 4.78 is 34.1. The van der Waals surface area contributed by atoms with E-state index < -0.39 is 136 Å². The quantitative estimate of drug-likeness (QED) is 0.112. The molecule has 20 nitrogen and oxygen atoms in total. The molecule has 1 aliphatic carbocycles. The van der Waals surface area contributed by atoms with Crippen molar-refractivity contribution in [2.45, 2.75) is 122 Å². The van der Waals surface area contributed by atoms with Crippen molar-refractivity contribution in [3.63, 3.8) is 0 Å². The van der Waals surface area contributed by atoms with Gasteiger partial charge in [0.05, 0.1) is 43.5 Å². The third-order valence-corrected chi connectivity index (χ3v) is 8.48. The van der Waals surface area contributed by atoms with E-state index >= 15 is 0 Å². The van der Waals surface area contributed by atoms with Gasteiger partial charge in [-0.3, -0.25) is 0 Å². The van der Waals surface area contributed by atoms with Crippen molar-refractivity contribution in [1.29, 1.82) is 0 Å². The second-order valence-corrected chi connectivity index (χ2v) is 11.3. The average Bonchev–Trinajstić information content (AvgIpc) is 3.29. The van der Waals surface area contributed by atoms with E-state index in [1.807, 2.05) is 0 Å². The molecule has 0 spiro atoms. The molecule has 1 saturated carbocycles. The van der Waals surface area contributed by atoms with E-state index in [0.29, 0.717) is 0 Å². The van der Waals surface area contributed by atoms with Crippen LogP contribution in [0, 0.1) is 0 Å². The third-order valence-electron chi connectivity index (χ3n) is 8.48. The Morgan fingerprint density at radius 3 is 1.44 bits per heavy atom. The molecule has 3 saturated heterocycles. The Hall–Kier alpha value is -0.800. The van der Waals surface area contributed by atoms with Gasteiger partial charge in [-0.15, -0.1) is 0 Å². The first kappa shape index (κ1) is 35.1. The van der Waals surface area contributed by atoms with Crippen LogP contribution in [0.3, 0.4) is 0 Å². The van der Waals surface area contributed by atoms with Gasteiger partial charge in [0.2, 0.25) is 0 Å². The standard InChI is InChI=1S/C23H45N5O15/c24-1-4-11(31)14(34)9(27)21(38-4)41-18-6(3-30)40-23(17(18)37)43-20-16(36)7(25)13(33)8(26)19(20)42-22-10(28)15(35)12(32)5(2-29)39-22/h4-23,29-37H,1-3,24-28H2/t4-,5-,6-,7-,8+,9-,10-,11-,12-,13-,14-,15-,16+,17-,18-,19-,20-,21-,22-,23+/m1/s1. The summed E-state index contributed by atoms with van der Waals surface area (Å²) in [6.45, 7) is -1.60. The van der Waals surface area contributed by atoms with Crippen molar-refractivity contribution in [3.05, 3.63) is 0 Å². The van der Waals surface area contributed by atoms with E-state index in [4.69, 9.17) is 57.1 Å². The second-order valence-electron chi connectivity index (χ2n) is 11.3. The van der Waals surface area contributed by atoms with Crippen molar-refractivity contribution in [2.75, 3.05) is 19.8 Å². The Morgan fingerprint density at radius 2 is 0.907 bits per heavy atom. The number of aliphatic hydroxyl groups is 9. The maximum absolute atomic E-state index is 11.1. The lowest BCUT2D eigenvalue weighted by Gasteiger charge is -2.48. The summed E-state index contributed by atoms with van der Waals surface area (Å²) >= 11 is 0. The van der Waals surface area contributed by atoms with Crippen LogP contribution in [0.15, 0.2) is 0 Å². The lowest BCUT2D eigenvalue weighted by Crippen LogP contribution is -2.72. The molecule has 0 amide bonds. The minimum atomic E-state index is -1.69. The molecule has 43 heavy (non-hydrogen) atoms. The van der Waals surface area contributed by atoms with Gasteiger partial charge in [0.15, 0.2) is 18.9 Å². The number of ether oxygens (including phenoxy) is 6. The molecule has 3 aliphatic heterocycles. The van der Waals surface area contributed by atoms with Crippen LogP contribution in [0.2, 0.25) is 0 Å². The number of hydrogen-bond donors (Lipinski definition) is 14. The SMILES string of the molecule is NC[C@H]1O[C@H](O[C@H]2[C@@H](O)[C@H](O[C@@H]3[C@@H](O)[C@H](N)[C@@H](O)[C@H](N)[C@H]3O[C@H]3O[C@H](CO)[C@@H](O)[C@H](O)[C@H]3N)O[C@@H]2CO)[C@H](N)[C@@H](O)[C@@H]1O. The van der Waals surface area contributed by atoms with Crippen molar-refractivity contribution in [3.8, 4) is 0 Å². The van der Waals surface area contributed by atoms with Crippen LogP contribution in [0.1, 0.15) is 0 Å². The summed E-state index contributed by atoms with van der Waals surface area (Å²) in [5.41, 5.74) is 29.6. The lowest BCUT2D eigenvalue weighted by atomic mass is 9.82. The first-order valence-corrected chi connectivity index (χ1v) is 13.9. The highest BCUT2D eigenvalue weighted by Crippen LogP contribution is 2.34. The summed E-state index contributed by atoms with van der Waals surface area (Å²) in [6, 6.07) is -5.38. The van der Waals surface area contributed by atoms with Gasteiger partial charge in [0.1, 0.15) is 73.2 Å². The van der Waals surface area contributed by atoms with Gasteiger partial charge < -0.3 is 103 Å². The monoisotopic (exact) mass is 631 g/mol. The molecule has 0 aromatic rings. The van der Waals surface area contributed by atoms with Gasteiger partial charge >= 0.3 is 0 Å². The Labute approximate surface area is 245 Å². The Bertz CT molecular complexity index is 898. The zero-order valence-electron chi connectivity index (χ0n) is 23.0. The predicted molar refractivity (Wildman–Crippen MR) is 138 cm³/mol. The molecule has 3 heterocycles. The summed E-state index contributed by atoms with van der Waals surface area (Å²) in [7, 11) is 0. The molecule has 20 atom stereocenters. The zero-order chi connectivity index (χ0) is 31.9. The van der Waals surface area contributed by atoms with Gasteiger partial charge in [-0.05, 0) is 0 Å². The van der Waals surface area contributed by atoms with Crippen molar-refractivity contribution < 1.29 is 74.4 Å². The Balaban J connectivity index is 1.52. The van der Waals surface area contributed by atoms with E-state index in [1.54, 1.807) is 0 Å². The summed E-state index contributed by atoms with van der Waals surface area (Å²) in [4.78, 5) is 0. The van der Waals surface area contributed by atoms with Crippen molar-refractivity contribution in [2.24, 2.45) is 28.7 Å². The molecule has 0 radical (unpaired) electrons. The van der Waals surface area contributed by atoms with Crippen LogP contribution in [-0.2, 0) is 28.4 Å². The van der Waals surface area contributed by atoms with Crippen LogP contribution in [0.5, 0.6) is 0 Å². The van der Waals surface area contributed by atoms with Crippen LogP contribution in [-0.4, -0.2) is 188 Å². The molecule has 4 fully saturated rings. The molecule has 0 aromatic heterocycles. The number of aliphatic hydroxyl groups excluding tert-OH is 9. The smallest absolute Gasteiger partial charge is 0.187 e. The highest BCUT2D eigenvalue weighted by Gasteiger charge is 2.56. The van der Waals surface area contributed by atoms with E-state index in [-0.39, 0.29) is 6.54 Å². The van der Waals surface area contributed by atoms with Gasteiger partial charge in [0.25, 0.3) is 0 Å². The molecule has 4 rings (SSSR count). The summed E-state index contributed by atoms with van der Waals surface area (Å²) in [6.07, 6.45) is -23.5. The molecule has 0 aromatic carbocycles. The second kappa shape index (κ2) is 14.3. The van der Waals surface area contributed by atoms with Gasteiger partial charge in [-0.25, -0.2) is 0 Å². The molecule has 0 bridgehead atoms. The predicted octanol–water partition coefficient (Wildman–Crippen LogP) is -9.89. The minimum absolute atomic E-state index is 0.194. The Morgan fingerprint density at radius 1 is 0.442 bits per heavy atom. The third kappa shape index (κ3) is 6.70. The molecule has 20 heteroatoms. The van der Waals surface area contributed by atoms with Crippen LogP contribution in [0.4, 0.5) is 0 Å². The molecule has 4 aliphatic rings. The largest absolute Gasteiger partial charge is 0.394 e. The maximum Gasteiger partial charge on any atom is 0.187 e. The van der Waals surface area contributed by atoms with Crippen molar-refractivity contribution in [1.82, 2.24) is 0 Å². The maximum atomic E-state index is 11.1. The van der Waals surface area contributed by atoms with Crippen LogP contribution in [0.25, 0.3) is 0 Å². The fourth-order valence-corrected chi connectivity index (χ4v) is 5.70. The fraction of sp³-hybridized carbons (Fsp3) is 1.00. The summed E-state index contributed by atoms with van der Waals surface area (Å²) in [5.74, 6) is 0. The first-order valence-electron chi connectivity index (χ1n) is 13.9. The van der Waals surface area contributed by atoms with E-state index in [1.165, 1.54) is 0 Å². The average molecular weight is 632 g/mol. The van der Waals surface area contributed by atoms with E-state index in [9.17, 15) is 46.0 Å². The van der Waals surface area contributed by atoms with Gasteiger partial charge in [0, 0.05) is 6.54 Å².